The fourth-order valence-electron chi connectivity index (χ4n) is 5.47. The summed E-state index contributed by atoms with van der Waals surface area (Å²) >= 11 is 5.53. The second-order valence-corrected chi connectivity index (χ2v) is 12.7. The molecule has 0 aliphatic carbocycles. The van der Waals surface area contributed by atoms with Crippen LogP contribution in [-0.4, -0.2) is 110 Å². The zero-order valence-electron chi connectivity index (χ0n) is 28.3. The maximum atomic E-state index is 15.3. The van der Waals surface area contributed by atoms with Crippen LogP contribution in [0.15, 0.2) is 46.7 Å². The lowest BCUT2D eigenvalue weighted by Crippen LogP contribution is -2.60. The van der Waals surface area contributed by atoms with Gasteiger partial charge in [0.05, 0.1) is 31.3 Å². The molecular weight excluding hydrogens is 694 g/mol. The van der Waals surface area contributed by atoms with Gasteiger partial charge in [0, 0.05) is 44.1 Å². The van der Waals surface area contributed by atoms with E-state index in [9.17, 15) is 19.2 Å². The van der Waals surface area contributed by atoms with Gasteiger partial charge in [0.15, 0.2) is 10.7 Å². The van der Waals surface area contributed by atoms with Crippen molar-refractivity contribution in [1.29, 1.82) is 0 Å². The molecular formula is C33H40F2N6O9S. The highest BCUT2D eigenvalue weighted by atomic mass is 32.1. The van der Waals surface area contributed by atoms with Gasteiger partial charge in [-0.15, -0.1) is 0 Å². The van der Waals surface area contributed by atoms with Crippen molar-refractivity contribution < 1.29 is 53.2 Å². The molecule has 2 aliphatic heterocycles. The predicted octanol–water partition coefficient (Wildman–Crippen LogP) is 2.46. The topological polar surface area (TPSA) is 214 Å². The number of anilines is 1. The van der Waals surface area contributed by atoms with E-state index in [0.717, 1.165) is 5.56 Å². The minimum atomic E-state index is -2.74. The van der Waals surface area contributed by atoms with Crippen LogP contribution in [-0.2, 0) is 24.0 Å². The van der Waals surface area contributed by atoms with Gasteiger partial charge in [-0.25, -0.2) is 13.6 Å². The number of halogens is 2. The third kappa shape index (κ3) is 11.4. The van der Waals surface area contributed by atoms with E-state index in [1.807, 2.05) is 49.9 Å². The molecule has 3 atom stereocenters. The number of aliphatic hydroxyl groups is 1. The van der Waals surface area contributed by atoms with Crippen LogP contribution < -0.4 is 15.6 Å². The Morgan fingerprint density at radius 2 is 1.59 bits per heavy atom. The Bertz CT molecular complexity index is 1640. The average molecular weight is 735 g/mol. The fraction of sp³-hybridized carbons (Fsp3) is 0.424. The second kappa shape index (κ2) is 17.6. The van der Waals surface area contributed by atoms with Gasteiger partial charge in [-0.3, -0.25) is 19.8 Å². The summed E-state index contributed by atoms with van der Waals surface area (Å²) in [4.78, 5) is 50.6. The van der Waals surface area contributed by atoms with Crippen LogP contribution in [0, 0.1) is 18.6 Å². The summed E-state index contributed by atoms with van der Waals surface area (Å²) in [6.07, 6.45) is -0.612. The number of nitrogens with zero attached hydrogens (tertiary/aromatic N) is 4. The molecule has 15 nitrogen and oxygen atoms in total. The molecule has 2 heterocycles. The monoisotopic (exact) mass is 734 g/mol. The number of aliphatic carboxylic acids is 3. The Balaban J connectivity index is 0.000000460. The largest absolute Gasteiger partial charge is 0.481 e. The number of benzene rings is 2. The fourth-order valence-corrected chi connectivity index (χ4v) is 5.68. The number of hydrogen-bond donors (Lipinski definition) is 6. The Kier molecular flexibility index (Phi) is 13.9. The maximum absolute atomic E-state index is 15.3. The van der Waals surface area contributed by atoms with Gasteiger partial charge in [-0.05, 0) is 50.7 Å². The summed E-state index contributed by atoms with van der Waals surface area (Å²) in [5, 5.41) is 45.1. The first-order valence-electron chi connectivity index (χ1n) is 15.7. The number of rotatable bonds is 11. The van der Waals surface area contributed by atoms with Crippen molar-refractivity contribution in [2.24, 2.45) is 10.3 Å². The molecule has 4 rings (SSSR count). The lowest BCUT2D eigenvalue weighted by molar-refractivity contribution is -0.170. The lowest BCUT2D eigenvalue weighted by atomic mass is 9.96. The summed E-state index contributed by atoms with van der Waals surface area (Å²) in [5.74, 6) is -6.53. The van der Waals surface area contributed by atoms with Gasteiger partial charge in [0.25, 0.3) is 0 Å². The van der Waals surface area contributed by atoms with Crippen LogP contribution in [0.3, 0.4) is 0 Å². The average Bonchev–Trinajstić information content (AvgIpc) is 3.50. The first-order chi connectivity index (χ1) is 23.9. The van der Waals surface area contributed by atoms with E-state index in [0.29, 0.717) is 35.9 Å². The molecule has 0 spiro atoms. The maximum Gasteiger partial charge on any atom is 0.336 e. The lowest BCUT2D eigenvalue weighted by Gasteiger charge is -2.46. The minimum absolute atomic E-state index is 0.0704. The third-order valence-electron chi connectivity index (χ3n) is 7.86. The van der Waals surface area contributed by atoms with Crippen molar-refractivity contribution in [2.45, 2.75) is 70.7 Å². The number of hydrogen-bond acceptors (Lipinski definition) is 10. The van der Waals surface area contributed by atoms with E-state index in [2.05, 4.69) is 21.0 Å². The van der Waals surface area contributed by atoms with Crippen molar-refractivity contribution in [3.05, 3.63) is 64.7 Å². The quantitative estimate of drug-likeness (QED) is 0.111. The van der Waals surface area contributed by atoms with E-state index in [-0.39, 0.29) is 36.3 Å². The number of carboxylic acids is 3. The van der Waals surface area contributed by atoms with Crippen molar-refractivity contribution in [1.82, 2.24) is 15.6 Å². The van der Waals surface area contributed by atoms with Crippen molar-refractivity contribution in [3.8, 4) is 0 Å². The SMILES string of the molecule is CC(=O)NCC1CC(c2cc(F)c(N3C(C)CN(C(=S)N/N=C\c4ccc(C)cc4)CC3C)c(F)c2)=NO1.O=C(O)CC(O)(CC(=O)O)C(=O)O. The minimum Gasteiger partial charge on any atom is -0.481 e. The normalized spacial score (nSPS) is 18.6. The number of carbonyl (C=O) groups excluding carboxylic acids is 1. The molecule has 18 heteroatoms. The highest BCUT2D eigenvalue weighted by Gasteiger charge is 2.41. The first kappa shape index (κ1) is 40.2. The van der Waals surface area contributed by atoms with Gasteiger partial charge < -0.3 is 40.4 Å². The molecule has 0 saturated carbocycles. The van der Waals surface area contributed by atoms with Crippen LogP contribution in [0.1, 0.15) is 56.7 Å². The molecule has 276 valence electrons. The summed E-state index contributed by atoms with van der Waals surface area (Å²) in [5.41, 5.74) is 2.98. The van der Waals surface area contributed by atoms with Gasteiger partial charge in [-0.1, -0.05) is 35.0 Å². The molecule has 1 fully saturated rings. The molecule has 1 amide bonds. The van der Waals surface area contributed by atoms with Crippen LogP contribution in [0.4, 0.5) is 14.5 Å². The highest BCUT2D eigenvalue weighted by Crippen LogP contribution is 2.32. The Hall–Kier alpha value is -5.23. The van der Waals surface area contributed by atoms with Gasteiger partial charge >= 0.3 is 17.9 Å². The van der Waals surface area contributed by atoms with Crippen LogP contribution >= 0.6 is 12.2 Å². The zero-order valence-corrected chi connectivity index (χ0v) is 29.1. The Morgan fingerprint density at radius 3 is 2.08 bits per heavy atom. The molecule has 0 radical (unpaired) electrons. The third-order valence-corrected chi connectivity index (χ3v) is 8.21. The number of thiocarbonyl (C=S) groups is 1. The van der Waals surface area contributed by atoms with E-state index in [1.165, 1.54) is 24.6 Å². The summed E-state index contributed by atoms with van der Waals surface area (Å²) < 4.78 is 30.7. The van der Waals surface area contributed by atoms with Gasteiger partial charge in [0.2, 0.25) is 5.91 Å². The van der Waals surface area contributed by atoms with Gasteiger partial charge in [-0.2, -0.15) is 5.10 Å². The number of carboxylic acid groups (broad SMARTS) is 3. The number of carbonyl (C=O) groups is 4. The van der Waals surface area contributed by atoms with Crippen LogP contribution in [0.5, 0.6) is 0 Å². The Morgan fingerprint density at radius 1 is 1.04 bits per heavy atom. The van der Waals surface area contributed by atoms with E-state index in [4.69, 9.17) is 37.5 Å². The number of piperazine rings is 1. The highest BCUT2D eigenvalue weighted by molar-refractivity contribution is 7.80. The molecule has 3 unspecified atom stereocenters. The number of oxime groups is 1. The number of nitrogens with one attached hydrogen (secondary N) is 2. The molecule has 0 aromatic heterocycles. The Labute approximate surface area is 297 Å². The standard InChI is InChI=1S/C27H32F2N6O2S.C6H8O7/c1-16-5-7-20(8-6-16)12-31-32-27(38)34-14-17(2)35(18(3)15-34)26-23(28)9-21(10-24(26)29)25-11-22(37-33-25)13-30-19(4)36;7-3(8)1-6(13,5(11)12)2-4(9)10/h5-10,12,17-18,22H,11,13-15H2,1-4H3,(H,30,36)(H,32,38);13H,1-2H2,(H,7,8)(H,9,10)(H,11,12)/b31-12-;. The molecule has 2 aromatic rings. The second-order valence-electron chi connectivity index (χ2n) is 12.3. The van der Waals surface area contributed by atoms with Crippen molar-refractivity contribution in [2.75, 3.05) is 24.5 Å². The summed E-state index contributed by atoms with van der Waals surface area (Å²) in [7, 11) is 0. The van der Waals surface area contributed by atoms with E-state index in [1.54, 1.807) is 11.1 Å². The van der Waals surface area contributed by atoms with Crippen LogP contribution in [0.25, 0.3) is 0 Å². The molecule has 51 heavy (non-hydrogen) atoms. The molecule has 0 bridgehead atoms. The van der Waals surface area contributed by atoms with E-state index >= 15 is 8.78 Å². The van der Waals surface area contributed by atoms with E-state index < -0.39 is 48.0 Å². The van der Waals surface area contributed by atoms with Crippen molar-refractivity contribution in [3.63, 3.8) is 0 Å². The molecule has 2 aromatic carbocycles. The van der Waals surface area contributed by atoms with Crippen molar-refractivity contribution >= 4 is 58.8 Å². The molecule has 1 saturated heterocycles. The van der Waals surface area contributed by atoms with Crippen LogP contribution in [0.2, 0.25) is 0 Å². The smallest absolute Gasteiger partial charge is 0.336 e. The number of aryl methyl sites for hydroxylation is 1. The predicted molar refractivity (Wildman–Crippen MR) is 186 cm³/mol. The number of hydrazone groups is 1. The summed E-state index contributed by atoms with van der Waals surface area (Å²) in [6, 6.07) is 10.1. The first-order valence-corrected chi connectivity index (χ1v) is 16.1. The summed E-state index contributed by atoms with van der Waals surface area (Å²) in [6.45, 7) is 8.48. The number of amides is 1. The zero-order chi connectivity index (χ0) is 38.0. The molecule has 2 aliphatic rings. The molecule has 6 N–H and O–H groups in total. The van der Waals surface area contributed by atoms with Gasteiger partial charge in [0.1, 0.15) is 23.4 Å².